The van der Waals surface area contributed by atoms with Crippen LogP contribution < -0.4 is 0 Å². The predicted molar refractivity (Wildman–Crippen MR) is 67.2 cm³/mol. The third-order valence-corrected chi connectivity index (χ3v) is 3.30. The zero-order valence-electron chi connectivity index (χ0n) is 10.9. The van der Waals surface area contributed by atoms with Crippen LogP contribution in [0.25, 0.3) is 0 Å². The number of esters is 1. The van der Waals surface area contributed by atoms with Gasteiger partial charge in [0.05, 0.1) is 7.11 Å². The van der Waals surface area contributed by atoms with Crippen molar-refractivity contribution in [1.82, 2.24) is 14.9 Å². The van der Waals surface area contributed by atoms with Crippen molar-refractivity contribution in [2.75, 3.05) is 27.2 Å². The number of likely N-dealkylation sites (tertiary alicyclic amines) is 1. The van der Waals surface area contributed by atoms with Crippen LogP contribution in [0.2, 0.25) is 0 Å². The minimum absolute atomic E-state index is 0.146. The smallest absolute Gasteiger partial charge is 0.313 e. The Labute approximate surface area is 107 Å². The predicted octanol–water partition coefficient (Wildman–Crippen LogP) is 1.00. The summed E-state index contributed by atoms with van der Waals surface area (Å²) in [6, 6.07) is 1.95. The highest BCUT2D eigenvalue weighted by atomic mass is 16.5. The van der Waals surface area contributed by atoms with Gasteiger partial charge < -0.3 is 9.64 Å². The number of ether oxygens (including phenoxy) is 1. The van der Waals surface area contributed by atoms with E-state index in [-0.39, 0.29) is 12.4 Å². The summed E-state index contributed by atoms with van der Waals surface area (Å²) < 4.78 is 4.63. The maximum absolute atomic E-state index is 11.2. The average Bonchev–Trinajstić information content (AvgIpc) is 2.39. The van der Waals surface area contributed by atoms with E-state index in [4.69, 9.17) is 0 Å². The van der Waals surface area contributed by atoms with Crippen molar-refractivity contribution >= 4 is 5.97 Å². The van der Waals surface area contributed by atoms with E-state index in [0.717, 1.165) is 25.2 Å². The van der Waals surface area contributed by atoms with E-state index in [1.165, 1.54) is 13.5 Å². The fourth-order valence-corrected chi connectivity index (χ4v) is 2.34. The second-order valence-electron chi connectivity index (χ2n) is 4.75. The van der Waals surface area contributed by atoms with Crippen molar-refractivity contribution in [3.05, 3.63) is 23.8 Å². The number of methoxy groups -OCH3 is 1. The second kappa shape index (κ2) is 5.91. The third kappa shape index (κ3) is 3.26. The minimum Gasteiger partial charge on any atom is -0.469 e. The highest BCUT2D eigenvalue weighted by molar-refractivity contribution is 5.71. The van der Waals surface area contributed by atoms with Gasteiger partial charge in [-0.3, -0.25) is 4.79 Å². The first-order chi connectivity index (χ1) is 8.69. The lowest BCUT2D eigenvalue weighted by molar-refractivity contribution is -0.139. The molecule has 0 radical (unpaired) electrons. The molecule has 0 bridgehead atoms. The summed E-state index contributed by atoms with van der Waals surface area (Å²) in [5.41, 5.74) is 1.04. The fraction of sp³-hybridized carbons (Fsp3) is 0.615. The van der Waals surface area contributed by atoms with Gasteiger partial charge in [-0.15, -0.1) is 0 Å². The molecule has 1 fully saturated rings. The number of carbonyl (C=O) groups is 1. The first-order valence-electron chi connectivity index (χ1n) is 6.26. The Morgan fingerprint density at radius 2 is 2.44 bits per heavy atom. The lowest BCUT2D eigenvalue weighted by atomic mass is 9.95. The lowest BCUT2D eigenvalue weighted by Crippen LogP contribution is -2.31. The molecule has 0 aliphatic carbocycles. The lowest BCUT2D eigenvalue weighted by Gasteiger charge is -2.29. The molecule has 1 atom stereocenters. The molecule has 1 aromatic heterocycles. The molecule has 1 aromatic rings. The molecule has 5 nitrogen and oxygen atoms in total. The molecule has 0 saturated carbocycles. The average molecular weight is 249 g/mol. The fourth-order valence-electron chi connectivity index (χ4n) is 2.34. The zero-order valence-corrected chi connectivity index (χ0v) is 10.9. The highest BCUT2D eigenvalue weighted by Crippen LogP contribution is 2.24. The Kier molecular flexibility index (Phi) is 4.25. The van der Waals surface area contributed by atoms with Gasteiger partial charge in [-0.05, 0) is 32.5 Å². The molecule has 0 spiro atoms. The zero-order chi connectivity index (χ0) is 13.0. The van der Waals surface area contributed by atoms with E-state index < -0.39 is 0 Å². The second-order valence-corrected chi connectivity index (χ2v) is 4.75. The molecule has 98 valence electrons. The molecule has 2 rings (SSSR count). The van der Waals surface area contributed by atoms with E-state index in [1.54, 1.807) is 6.20 Å². The number of aromatic nitrogens is 2. The van der Waals surface area contributed by atoms with Crippen molar-refractivity contribution in [1.29, 1.82) is 0 Å². The van der Waals surface area contributed by atoms with Gasteiger partial charge >= 0.3 is 5.97 Å². The minimum atomic E-state index is -0.298. The molecule has 1 unspecified atom stereocenters. The number of hydrogen-bond donors (Lipinski definition) is 0. The molecular weight excluding hydrogens is 230 g/mol. The molecule has 5 heteroatoms. The molecule has 0 aromatic carbocycles. The summed E-state index contributed by atoms with van der Waals surface area (Å²) in [6.07, 6.45) is 4.22. The topological polar surface area (TPSA) is 55.3 Å². The highest BCUT2D eigenvalue weighted by Gasteiger charge is 2.20. The molecule has 0 N–H and O–H groups in total. The summed E-state index contributed by atoms with van der Waals surface area (Å²) in [7, 11) is 3.50. The first-order valence-corrected chi connectivity index (χ1v) is 6.26. The van der Waals surface area contributed by atoms with Crippen molar-refractivity contribution in [2.24, 2.45) is 0 Å². The van der Waals surface area contributed by atoms with Crippen LogP contribution in [0, 0.1) is 0 Å². The number of likely N-dealkylation sites (N-methyl/N-ethyl adjacent to an activating group) is 1. The Balaban J connectivity index is 2.08. The molecular formula is C13H19N3O2. The van der Waals surface area contributed by atoms with Crippen LogP contribution in [0.4, 0.5) is 0 Å². The molecule has 1 saturated heterocycles. The Morgan fingerprint density at radius 3 is 3.17 bits per heavy atom. The van der Waals surface area contributed by atoms with Crippen LogP contribution in [0.3, 0.4) is 0 Å². The molecule has 1 aliphatic rings. The van der Waals surface area contributed by atoms with E-state index in [1.807, 2.05) is 6.07 Å². The Hall–Kier alpha value is -1.49. The Bertz CT molecular complexity index is 422. The maximum atomic E-state index is 11.2. The third-order valence-electron chi connectivity index (χ3n) is 3.30. The van der Waals surface area contributed by atoms with Gasteiger partial charge in [0, 0.05) is 24.4 Å². The first kappa shape index (κ1) is 13.0. The largest absolute Gasteiger partial charge is 0.469 e. The van der Waals surface area contributed by atoms with Crippen LogP contribution in [0.1, 0.15) is 30.3 Å². The van der Waals surface area contributed by atoms with Gasteiger partial charge in [0.15, 0.2) is 0 Å². The summed E-state index contributed by atoms with van der Waals surface area (Å²) in [6.45, 7) is 2.17. The SMILES string of the molecule is COC(=O)Cc1nccc(C2CCCN(C)C2)n1. The van der Waals surface area contributed by atoms with Crippen LogP contribution >= 0.6 is 0 Å². The monoisotopic (exact) mass is 249 g/mol. The van der Waals surface area contributed by atoms with Crippen LogP contribution in [0.5, 0.6) is 0 Å². The maximum Gasteiger partial charge on any atom is 0.313 e. The molecule has 2 heterocycles. The molecule has 0 amide bonds. The van der Waals surface area contributed by atoms with E-state index in [9.17, 15) is 4.79 Å². The van der Waals surface area contributed by atoms with Gasteiger partial charge in [-0.2, -0.15) is 0 Å². The summed E-state index contributed by atoms with van der Waals surface area (Å²) in [4.78, 5) is 22.1. The summed E-state index contributed by atoms with van der Waals surface area (Å²) >= 11 is 0. The standard InChI is InChI=1S/C13H19N3O2/c1-16-7-3-4-10(9-16)11-5-6-14-12(15-11)8-13(17)18-2/h5-6,10H,3-4,7-9H2,1-2H3. The number of carbonyl (C=O) groups excluding carboxylic acids is 1. The number of rotatable bonds is 3. The molecule has 1 aliphatic heterocycles. The molecule has 18 heavy (non-hydrogen) atoms. The summed E-state index contributed by atoms with van der Waals surface area (Å²) in [5, 5.41) is 0. The van der Waals surface area contributed by atoms with Gasteiger partial charge in [0.2, 0.25) is 0 Å². The van der Waals surface area contributed by atoms with Crippen LogP contribution in [-0.2, 0) is 16.0 Å². The van der Waals surface area contributed by atoms with Crippen molar-refractivity contribution in [3.8, 4) is 0 Å². The van der Waals surface area contributed by atoms with Crippen molar-refractivity contribution in [2.45, 2.75) is 25.2 Å². The number of piperidine rings is 1. The van der Waals surface area contributed by atoms with Crippen LogP contribution in [-0.4, -0.2) is 48.1 Å². The number of nitrogens with zero attached hydrogens (tertiary/aromatic N) is 3. The van der Waals surface area contributed by atoms with Gasteiger partial charge in [0.1, 0.15) is 12.2 Å². The summed E-state index contributed by atoms with van der Waals surface area (Å²) in [5.74, 6) is 0.698. The quantitative estimate of drug-likeness (QED) is 0.748. The van der Waals surface area contributed by atoms with Gasteiger partial charge in [0.25, 0.3) is 0 Å². The normalized spacial score (nSPS) is 20.7. The van der Waals surface area contributed by atoms with Crippen molar-refractivity contribution < 1.29 is 9.53 Å². The van der Waals surface area contributed by atoms with E-state index in [2.05, 4.69) is 26.7 Å². The van der Waals surface area contributed by atoms with E-state index >= 15 is 0 Å². The Morgan fingerprint density at radius 1 is 1.61 bits per heavy atom. The van der Waals surface area contributed by atoms with Gasteiger partial charge in [-0.25, -0.2) is 9.97 Å². The van der Waals surface area contributed by atoms with E-state index in [0.29, 0.717) is 11.7 Å². The number of hydrogen-bond acceptors (Lipinski definition) is 5. The van der Waals surface area contributed by atoms with Gasteiger partial charge in [-0.1, -0.05) is 0 Å². The van der Waals surface area contributed by atoms with Crippen LogP contribution in [0.15, 0.2) is 12.3 Å². The van der Waals surface area contributed by atoms with Crippen molar-refractivity contribution in [3.63, 3.8) is 0 Å².